The number of aliphatic hydroxyl groups is 1. The van der Waals surface area contributed by atoms with Gasteiger partial charge in [0.05, 0.1) is 12.5 Å². The number of likely N-dealkylation sites (tertiary alicyclic amines) is 2. The van der Waals surface area contributed by atoms with E-state index in [4.69, 9.17) is 5.11 Å². The number of likely N-dealkylation sites (N-methyl/N-ethyl adjacent to an activating group) is 1. The first-order valence-electron chi connectivity index (χ1n) is 11.1. The van der Waals surface area contributed by atoms with Crippen LogP contribution in [0.5, 0.6) is 0 Å². The van der Waals surface area contributed by atoms with Gasteiger partial charge in [-0.2, -0.15) is 0 Å². The summed E-state index contributed by atoms with van der Waals surface area (Å²) in [7, 11) is 1.82. The van der Waals surface area contributed by atoms with Crippen molar-refractivity contribution in [3.8, 4) is 0 Å². The lowest BCUT2D eigenvalue weighted by Gasteiger charge is -2.43. The molecule has 0 radical (unpaired) electrons. The molecule has 2 aliphatic heterocycles. The standard InChI is InChI=1S/C23H35N3O2/c1-24(13-14-27)23(28)20-7-4-10-26(17-20)21-8-11-25(12-9-21)22-15-18-5-2-3-6-19(18)16-22/h2-3,5-6,20-22,27H,4,7-17H2,1H3/t20-/m0/s1. The van der Waals surface area contributed by atoms with Gasteiger partial charge in [0.25, 0.3) is 0 Å². The normalized spacial score (nSPS) is 25.0. The third kappa shape index (κ3) is 4.27. The summed E-state index contributed by atoms with van der Waals surface area (Å²) in [6, 6.07) is 10.2. The van der Waals surface area contributed by atoms with Crippen molar-refractivity contribution in [2.45, 2.75) is 50.6 Å². The van der Waals surface area contributed by atoms with Gasteiger partial charge in [0.2, 0.25) is 5.91 Å². The number of amides is 1. The molecule has 1 atom stereocenters. The number of rotatable bonds is 5. The van der Waals surface area contributed by atoms with Crippen molar-refractivity contribution in [3.05, 3.63) is 35.4 Å². The Hall–Kier alpha value is -1.43. The van der Waals surface area contributed by atoms with Crippen molar-refractivity contribution >= 4 is 5.91 Å². The van der Waals surface area contributed by atoms with Gasteiger partial charge in [0.1, 0.15) is 0 Å². The summed E-state index contributed by atoms with van der Waals surface area (Å²) in [6.07, 6.45) is 6.96. The minimum atomic E-state index is 0.0438. The Morgan fingerprint density at radius 3 is 2.36 bits per heavy atom. The average molecular weight is 386 g/mol. The van der Waals surface area contributed by atoms with Gasteiger partial charge in [-0.3, -0.25) is 14.6 Å². The molecule has 0 bridgehead atoms. The van der Waals surface area contributed by atoms with E-state index in [1.54, 1.807) is 16.0 Å². The van der Waals surface area contributed by atoms with Gasteiger partial charge in [-0.25, -0.2) is 0 Å². The molecular weight excluding hydrogens is 350 g/mol. The van der Waals surface area contributed by atoms with Crippen molar-refractivity contribution < 1.29 is 9.90 Å². The van der Waals surface area contributed by atoms with Crippen LogP contribution in [0.1, 0.15) is 36.8 Å². The maximum absolute atomic E-state index is 12.6. The lowest BCUT2D eigenvalue weighted by molar-refractivity contribution is -0.137. The molecule has 0 aromatic heterocycles. The van der Waals surface area contributed by atoms with Crippen LogP contribution in [0.15, 0.2) is 24.3 Å². The van der Waals surface area contributed by atoms with Gasteiger partial charge < -0.3 is 10.0 Å². The molecule has 1 amide bonds. The highest BCUT2D eigenvalue weighted by atomic mass is 16.3. The van der Waals surface area contributed by atoms with Crippen LogP contribution in [0.3, 0.4) is 0 Å². The number of aliphatic hydroxyl groups excluding tert-OH is 1. The molecule has 3 aliphatic rings. The summed E-state index contributed by atoms with van der Waals surface area (Å²) < 4.78 is 0. The summed E-state index contributed by atoms with van der Waals surface area (Å²) in [4.78, 5) is 19.6. The summed E-state index contributed by atoms with van der Waals surface area (Å²) in [5, 5.41) is 9.10. The Morgan fingerprint density at radius 1 is 1.04 bits per heavy atom. The second-order valence-corrected chi connectivity index (χ2v) is 8.92. The minimum Gasteiger partial charge on any atom is -0.395 e. The molecule has 1 aromatic rings. The van der Waals surface area contributed by atoms with Crippen LogP contribution in [0.4, 0.5) is 0 Å². The molecule has 0 saturated carbocycles. The molecule has 1 N–H and O–H groups in total. The summed E-state index contributed by atoms with van der Waals surface area (Å²) in [5.74, 6) is 0.313. The van der Waals surface area contributed by atoms with E-state index in [9.17, 15) is 4.79 Å². The molecule has 5 nitrogen and oxygen atoms in total. The van der Waals surface area contributed by atoms with Crippen LogP contribution in [0, 0.1) is 5.92 Å². The average Bonchev–Trinajstić information content (AvgIpc) is 3.18. The Balaban J connectivity index is 1.27. The van der Waals surface area contributed by atoms with Gasteiger partial charge in [-0.15, -0.1) is 0 Å². The van der Waals surface area contributed by atoms with Crippen LogP contribution in [-0.2, 0) is 17.6 Å². The van der Waals surface area contributed by atoms with Crippen molar-refractivity contribution in [1.29, 1.82) is 0 Å². The number of piperidine rings is 2. The fourth-order valence-corrected chi connectivity index (χ4v) is 5.52. The topological polar surface area (TPSA) is 47.0 Å². The van der Waals surface area contributed by atoms with Crippen LogP contribution in [-0.4, -0.2) is 84.2 Å². The van der Waals surface area contributed by atoms with Crippen molar-refractivity contribution in [2.75, 3.05) is 46.4 Å². The van der Waals surface area contributed by atoms with Crippen LogP contribution >= 0.6 is 0 Å². The predicted molar refractivity (Wildman–Crippen MR) is 111 cm³/mol. The van der Waals surface area contributed by atoms with E-state index >= 15 is 0 Å². The highest BCUT2D eigenvalue weighted by Crippen LogP contribution is 2.30. The molecule has 28 heavy (non-hydrogen) atoms. The first-order valence-corrected chi connectivity index (χ1v) is 11.1. The highest BCUT2D eigenvalue weighted by molar-refractivity contribution is 5.78. The highest BCUT2D eigenvalue weighted by Gasteiger charge is 2.35. The molecule has 1 aromatic carbocycles. The fraction of sp³-hybridized carbons (Fsp3) is 0.696. The predicted octanol–water partition coefficient (Wildman–Crippen LogP) is 1.78. The SMILES string of the molecule is CN(CCO)C(=O)[C@H]1CCCN(C2CCN(C3Cc4ccccc4C3)CC2)C1. The number of hydrogen-bond donors (Lipinski definition) is 1. The molecule has 4 rings (SSSR count). The van der Waals surface area contributed by atoms with Gasteiger partial charge in [0, 0.05) is 32.2 Å². The third-order valence-corrected chi connectivity index (χ3v) is 7.18. The molecule has 2 fully saturated rings. The molecule has 0 unspecified atom stereocenters. The monoisotopic (exact) mass is 385 g/mol. The summed E-state index contributed by atoms with van der Waals surface area (Å²) in [6.45, 7) is 4.88. The first-order chi connectivity index (χ1) is 13.7. The number of hydrogen-bond acceptors (Lipinski definition) is 4. The maximum atomic E-state index is 12.6. The Morgan fingerprint density at radius 2 is 1.71 bits per heavy atom. The molecule has 0 spiro atoms. The molecule has 5 heteroatoms. The van der Waals surface area contributed by atoms with Gasteiger partial charge >= 0.3 is 0 Å². The number of benzene rings is 1. The first kappa shape index (κ1) is 19.9. The minimum absolute atomic E-state index is 0.0438. The summed E-state index contributed by atoms with van der Waals surface area (Å²) >= 11 is 0. The molecule has 2 heterocycles. The van der Waals surface area contributed by atoms with Gasteiger partial charge in [-0.1, -0.05) is 24.3 Å². The van der Waals surface area contributed by atoms with E-state index in [1.165, 1.54) is 38.8 Å². The summed E-state index contributed by atoms with van der Waals surface area (Å²) in [5.41, 5.74) is 3.08. The molecule has 1 aliphatic carbocycles. The smallest absolute Gasteiger partial charge is 0.226 e. The van der Waals surface area contributed by atoms with E-state index in [-0.39, 0.29) is 18.4 Å². The van der Waals surface area contributed by atoms with E-state index in [0.29, 0.717) is 18.6 Å². The van der Waals surface area contributed by atoms with Gasteiger partial charge in [-0.05, 0) is 69.3 Å². The Bertz CT molecular complexity index is 647. The lowest BCUT2D eigenvalue weighted by atomic mass is 9.92. The maximum Gasteiger partial charge on any atom is 0.226 e. The zero-order valence-electron chi connectivity index (χ0n) is 17.2. The molecule has 154 valence electrons. The van der Waals surface area contributed by atoms with Crippen molar-refractivity contribution in [3.63, 3.8) is 0 Å². The Labute approximate surface area is 169 Å². The zero-order chi connectivity index (χ0) is 19.5. The second kappa shape index (κ2) is 8.93. The zero-order valence-corrected chi connectivity index (χ0v) is 17.2. The van der Waals surface area contributed by atoms with E-state index in [1.807, 2.05) is 7.05 Å². The fourth-order valence-electron chi connectivity index (χ4n) is 5.52. The van der Waals surface area contributed by atoms with Crippen LogP contribution < -0.4 is 0 Å². The second-order valence-electron chi connectivity index (χ2n) is 8.92. The van der Waals surface area contributed by atoms with Crippen molar-refractivity contribution in [2.24, 2.45) is 5.92 Å². The van der Waals surface area contributed by atoms with E-state index < -0.39 is 0 Å². The number of carbonyl (C=O) groups excluding carboxylic acids is 1. The van der Waals surface area contributed by atoms with Crippen molar-refractivity contribution in [1.82, 2.24) is 14.7 Å². The van der Waals surface area contributed by atoms with E-state index in [0.717, 1.165) is 25.9 Å². The quantitative estimate of drug-likeness (QED) is 0.839. The lowest BCUT2D eigenvalue weighted by Crippen LogP contribution is -2.52. The van der Waals surface area contributed by atoms with Gasteiger partial charge in [0.15, 0.2) is 0 Å². The van der Waals surface area contributed by atoms with E-state index in [2.05, 4.69) is 34.1 Å². The number of fused-ring (bicyclic) bond motifs is 1. The number of nitrogens with zero attached hydrogens (tertiary/aromatic N) is 3. The largest absolute Gasteiger partial charge is 0.395 e. The van der Waals surface area contributed by atoms with Crippen LogP contribution in [0.25, 0.3) is 0 Å². The Kier molecular flexibility index (Phi) is 6.34. The third-order valence-electron chi connectivity index (χ3n) is 7.18. The molecule has 2 saturated heterocycles. The molecular formula is C23H35N3O2. The number of carbonyl (C=O) groups is 1. The van der Waals surface area contributed by atoms with Crippen LogP contribution in [0.2, 0.25) is 0 Å².